The second kappa shape index (κ2) is 4.33. The maximum atomic E-state index is 8.72. The molecule has 10 heavy (non-hydrogen) atoms. The highest BCUT2D eigenvalue weighted by molar-refractivity contribution is 4.95. The van der Waals surface area contributed by atoms with E-state index >= 15 is 0 Å². The third-order valence-electron chi connectivity index (χ3n) is 1.90. The predicted octanol–water partition coefficient (Wildman–Crippen LogP) is 2.93. The van der Waals surface area contributed by atoms with Gasteiger partial charge in [0, 0.05) is 0 Å². The number of unbranched alkanes of at least 4 members (excludes halogenated alkanes) is 1. The summed E-state index contributed by atoms with van der Waals surface area (Å²) in [6.07, 6.45) is 4.02. The van der Waals surface area contributed by atoms with Gasteiger partial charge in [0.05, 0.1) is 11.5 Å². The molecule has 0 bridgehead atoms. The zero-order chi connectivity index (χ0) is 8.04. The van der Waals surface area contributed by atoms with Gasteiger partial charge in [0.2, 0.25) is 0 Å². The molecule has 57 valence electrons. The van der Waals surface area contributed by atoms with E-state index in [4.69, 9.17) is 5.26 Å². The lowest BCUT2D eigenvalue weighted by atomic mass is 9.84. The molecule has 0 rings (SSSR count). The Morgan fingerprint density at radius 2 is 2.20 bits per heavy atom. The number of hydrogen-bond donors (Lipinski definition) is 0. The van der Waals surface area contributed by atoms with E-state index in [0.29, 0.717) is 0 Å². The van der Waals surface area contributed by atoms with Crippen molar-refractivity contribution >= 4 is 0 Å². The number of nitriles is 1. The molecule has 1 radical (unpaired) electrons. The fourth-order valence-electron chi connectivity index (χ4n) is 0.804. The monoisotopic (exact) mass is 138 g/mol. The molecular weight excluding hydrogens is 122 g/mol. The van der Waals surface area contributed by atoms with Crippen LogP contribution in [0.4, 0.5) is 0 Å². The van der Waals surface area contributed by atoms with Gasteiger partial charge in [0.25, 0.3) is 0 Å². The Kier molecular flexibility index (Phi) is 4.11. The molecule has 0 aliphatic rings. The molecule has 0 aliphatic heterocycles. The maximum Gasteiger partial charge on any atom is 0.0686 e. The largest absolute Gasteiger partial charge is 0.198 e. The van der Waals surface area contributed by atoms with Gasteiger partial charge in [-0.2, -0.15) is 5.26 Å². The van der Waals surface area contributed by atoms with Crippen LogP contribution < -0.4 is 0 Å². The average Bonchev–Trinajstić information content (AvgIpc) is 2.00. The molecule has 1 unspecified atom stereocenters. The van der Waals surface area contributed by atoms with Crippen molar-refractivity contribution in [1.29, 1.82) is 5.26 Å². The van der Waals surface area contributed by atoms with Crippen LogP contribution in [0.25, 0.3) is 0 Å². The summed E-state index contributed by atoms with van der Waals surface area (Å²) in [7, 11) is 0. The third kappa shape index (κ3) is 2.87. The zero-order valence-corrected chi connectivity index (χ0v) is 6.98. The lowest BCUT2D eigenvalue weighted by Crippen LogP contribution is -2.11. The molecule has 0 N–H and O–H groups in total. The van der Waals surface area contributed by atoms with E-state index in [1.165, 1.54) is 0 Å². The molecule has 0 amide bonds. The average molecular weight is 138 g/mol. The van der Waals surface area contributed by atoms with E-state index in [1.807, 2.05) is 6.92 Å². The van der Waals surface area contributed by atoms with E-state index in [2.05, 4.69) is 19.9 Å². The topological polar surface area (TPSA) is 23.8 Å². The van der Waals surface area contributed by atoms with Crippen molar-refractivity contribution in [3.63, 3.8) is 0 Å². The standard InChI is InChI=1S/C9H16N/c1-4-6-7-9(3,5-2)8-10/h2,4-7H2,1,3H3. The Hall–Kier alpha value is -0.510. The first-order chi connectivity index (χ1) is 4.68. The van der Waals surface area contributed by atoms with Gasteiger partial charge in [0.1, 0.15) is 0 Å². The first-order valence-electron chi connectivity index (χ1n) is 3.89. The van der Waals surface area contributed by atoms with Crippen molar-refractivity contribution in [3.05, 3.63) is 6.92 Å². The summed E-state index contributed by atoms with van der Waals surface area (Å²) in [6.45, 7) is 7.88. The van der Waals surface area contributed by atoms with Gasteiger partial charge in [-0.25, -0.2) is 0 Å². The second-order valence-electron chi connectivity index (χ2n) is 3.03. The van der Waals surface area contributed by atoms with E-state index in [1.54, 1.807) is 0 Å². The highest BCUT2D eigenvalue weighted by Crippen LogP contribution is 2.26. The third-order valence-corrected chi connectivity index (χ3v) is 1.90. The molecule has 0 aromatic carbocycles. The van der Waals surface area contributed by atoms with E-state index < -0.39 is 0 Å². The van der Waals surface area contributed by atoms with Crippen molar-refractivity contribution in [2.24, 2.45) is 5.41 Å². The molecular formula is C9H16N. The molecule has 0 saturated carbocycles. The van der Waals surface area contributed by atoms with Gasteiger partial charge in [0.15, 0.2) is 0 Å². The summed E-state index contributed by atoms with van der Waals surface area (Å²) < 4.78 is 0. The minimum atomic E-state index is -0.171. The SMILES string of the molecule is [CH2]CC(C)(C#N)CCCC. The molecule has 1 heteroatoms. The summed E-state index contributed by atoms with van der Waals surface area (Å²) in [5.74, 6) is 0. The second-order valence-corrected chi connectivity index (χ2v) is 3.03. The first kappa shape index (κ1) is 9.49. The molecule has 0 spiro atoms. The molecule has 0 aromatic rings. The maximum absolute atomic E-state index is 8.72. The van der Waals surface area contributed by atoms with Crippen LogP contribution in [-0.2, 0) is 0 Å². The molecule has 0 saturated heterocycles. The van der Waals surface area contributed by atoms with Gasteiger partial charge < -0.3 is 0 Å². The summed E-state index contributed by atoms with van der Waals surface area (Å²) in [6, 6.07) is 2.30. The van der Waals surface area contributed by atoms with Crippen LogP contribution in [0, 0.1) is 23.7 Å². The van der Waals surface area contributed by atoms with Crippen LogP contribution >= 0.6 is 0 Å². The fourth-order valence-corrected chi connectivity index (χ4v) is 0.804. The highest BCUT2D eigenvalue weighted by atomic mass is 14.3. The van der Waals surface area contributed by atoms with Crippen LogP contribution in [0.2, 0.25) is 0 Å². The minimum Gasteiger partial charge on any atom is -0.198 e. The number of hydrogen-bond acceptors (Lipinski definition) is 1. The van der Waals surface area contributed by atoms with Gasteiger partial charge in [-0.05, 0) is 19.8 Å². The number of rotatable bonds is 4. The Labute approximate surface area is 64.1 Å². The van der Waals surface area contributed by atoms with Crippen LogP contribution in [0.15, 0.2) is 0 Å². The highest BCUT2D eigenvalue weighted by Gasteiger charge is 2.19. The Bertz CT molecular complexity index is 123. The van der Waals surface area contributed by atoms with E-state index in [-0.39, 0.29) is 5.41 Å². The summed E-state index contributed by atoms with van der Waals surface area (Å²) in [5.41, 5.74) is -0.171. The molecule has 0 fully saturated rings. The van der Waals surface area contributed by atoms with Crippen molar-refractivity contribution in [3.8, 4) is 6.07 Å². The molecule has 0 heterocycles. The van der Waals surface area contributed by atoms with Crippen LogP contribution in [0.3, 0.4) is 0 Å². The summed E-state index contributed by atoms with van der Waals surface area (Å²) >= 11 is 0. The molecule has 0 aliphatic carbocycles. The first-order valence-corrected chi connectivity index (χ1v) is 3.89. The van der Waals surface area contributed by atoms with Crippen LogP contribution in [0.5, 0.6) is 0 Å². The van der Waals surface area contributed by atoms with Crippen molar-refractivity contribution in [1.82, 2.24) is 0 Å². The predicted molar refractivity (Wildman–Crippen MR) is 43.2 cm³/mol. The molecule has 1 atom stereocenters. The van der Waals surface area contributed by atoms with E-state index in [0.717, 1.165) is 25.7 Å². The van der Waals surface area contributed by atoms with Gasteiger partial charge >= 0.3 is 0 Å². The molecule has 1 nitrogen and oxygen atoms in total. The quantitative estimate of drug-likeness (QED) is 0.586. The van der Waals surface area contributed by atoms with Crippen molar-refractivity contribution in [2.75, 3.05) is 0 Å². The summed E-state index contributed by atoms with van der Waals surface area (Å²) in [5, 5.41) is 8.72. The zero-order valence-electron chi connectivity index (χ0n) is 6.98. The Balaban J connectivity index is 3.72. The van der Waals surface area contributed by atoms with Gasteiger partial charge in [-0.3, -0.25) is 0 Å². The Morgan fingerprint density at radius 3 is 2.50 bits per heavy atom. The van der Waals surface area contributed by atoms with Gasteiger partial charge in [-0.15, -0.1) is 0 Å². The van der Waals surface area contributed by atoms with Gasteiger partial charge in [-0.1, -0.05) is 26.7 Å². The molecule has 0 aromatic heterocycles. The van der Waals surface area contributed by atoms with Crippen LogP contribution in [-0.4, -0.2) is 0 Å². The minimum absolute atomic E-state index is 0.171. The van der Waals surface area contributed by atoms with Crippen molar-refractivity contribution < 1.29 is 0 Å². The smallest absolute Gasteiger partial charge is 0.0686 e. The van der Waals surface area contributed by atoms with Crippen LogP contribution in [0.1, 0.15) is 39.5 Å². The lowest BCUT2D eigenvalue weighted by Gasteiger charge is -2.17. The summed E-state index contributed by atoms with van der Waals surface area (Å²) in [4.78, 5) is 0. The number of nitrogens with zero attached hydrogens (tertiary/aromatic N) is 1. The normalized spacial score (nSPS) is 15.8. The van der Waals surface area contributed by atoms with E-state index in [9.17, 15) is 0 Å². The van der Waals surface area contributed by atoms with Crippen molar-refractivity contribution in [2.45, 2.75) is 39.5 Å². The Morgan fingerprint density at radius 1 is 1.60 bits per heavy atom. The fraction of sp³-hybridized carbons (Fsp3) is 0.778. The lowest BCUT2D eigenvalue weighted by molar-refractivity contribution is 0.393.